The van der Waals surface area contributed by atoms with Crippen LogP contribution in [0.4, 0.5) is 5.69 Å². The van der Waals surface area contributed by atoms with Crippen molar-refractivity contribution < 1.29 is 4.79 Å². The molecule has 1 unspecified atom stereocenters. The van der Waals surface area contributed by atoms with Gasteiger partial charge < -0.3 is 15.1 Å². The Morgan fingerprint density at radius 1 is 1.35 bits per heavy atom. The van der Waals surface area contributed by atoms with Gasteiger partial charge in [0.1, 0.15) is 0 Å². The highest BCUT2D eigenvalue weighted by molar-refractivity contribution is 6.00. The Labute approximate surface area is 121 Å². The zero-order valence-electron chi connectivity index (χ0n) is 12.9. The number of carbonyl (C=O) groups is 1. The van der Waals surface area contributed by atoms with E-state index in [1.165, 1.54) is 0 Å². The first-order valence-electron chi connectivity index (χ1n) is 7.31. The number of likely N-dealkylation sites (N-methyl/N-ethyl adjacent to an activating group) is 1. The van der Waals surface area contributed by atoms with Gasteiger partial charge in [-0.15, -0.1) is 0 Å². The number of hydrogen-bond acceptors (Lipinski definition) is 3. The molecule has 1 aromatic carbocycles. The molecule has 2 rings (SSSR count). The molecular weight excluding hydrogens is 250 g/mol. The van der Waals surface area contributed by atoms with E-state index < -0.39 is 0 Å². The molecule has 1 aliphatic rings. The quantitative estimate of drug-likeness (QED) is 0.899. The van der Waals surface area contributed by atoms with Crippen LogP contribution in [0, 0.1) is 6.92 Å². The summed E-state index contributed by atoms with van der Waals surface area (Å²) < 4.78 is 0. The Bertz CT molecular complexity index is 487. The van der Waals surface area contributed by atoms with Crippen LogP contribution < -0.4 is 5.32 Å². The Balaban J connectivity index is 2.28. The summed E-state index contributed by atoms with van der Waals surface area (Å²) in [6, 6.07) is 6.25. The second kappa shape index (κ2) is 6.27. The van der Waals surface area contributed by atoms with Crippen molar-refractivity contribution in [1.29, 1.82) is 0 Å². The fraction of sp³-hybridized carbons (Fsp3) is 0.562. The molecule has 0 saturated carbocycles. The van der Waals surface area contributed by atoms with Crippen LogP contribution >= 0.6 is 0 Å². The Kier molecular flexibility index (Phi) is 4.65. The first kappa shape index (κ1) is 14.9. The lowest BCUT2D eigenvalue weighted by atomic mass is 10.1. The Hall–Kier alpha value is -1.55. The van der Waals surface area contributed by atoms with Gasteiger partial charge in [0.25, 0.3) is 5.91 Å². The van der Waals surface area contributed by atoms with Crippen LogP contribution in [-0.2, 0) is 0 Å². The van der Waals surface area contributed by atoms with E-state index in [-0.39, 0.29) is 11.9 Å². The highest BCUT2D eigenvalue weighted by atomic mass is 16.2. The predicted molar refractivity (Wildman–Crippen MR) is 83.3 cm³/mol. The minimum atomic E-state index is 0.140. The van der Waals surface area contributed by atoms with Crippen LogP contribution in [0.3, 0.4) is 0 Å². The summed E-state index contributed by atoms with van der Waals surface area (Å²) in [6.07, 6.45) is 1.04. The van der Waals surface area contributed by atoms with Crippen molar-refractivity contribution >= 4 is 11.6 Å². The summed E-state index contributed by atoms with van der Waals surface area (Å²) in [5, 5.41) is 3.12. The monoisotopic (exact) mass is 275 g/mol. The molecular formula is C16H25N3O. The molecule has 1 aliphatic heterocycles. The van der Waals surface area contributed by atoms with E-state index >= 15 is 0 Å². The molecule has 1 atom stereocenters. The summed E-state index contributed by atoms with van der Waals surface area (Å²) in [4.78, 5) is 17.2. The molecule has 1 amide bonds. The number of benzene rings is 1. The average molecular weight is 275 g/mol. The molecule has 1 fully saturated rings. The number of nitrogens with zero attached hydrogens (tertiary/aromatic N) is 2. The third-order valence-corrected chi connectivity index (χ3v) is 3.98. The second-order valence-corrected chi connectivity index (χ2v) is 5.76. The molecule has 1 N–H and O–H groups in total. The van der Waals surface area contributed by atoms with Gasteiger partial charge in [-0.05, 0) is 46.0 Å². The maximum atomic E-state index is 12.9. The lowest BCUT2D eigenvalue weighted by Gasteiger charge is -2.29. The van der Waals surface area contributed by atoms with Gasteiger partial charge in [0.15, 0.2) is 0 Å². The smallest absolute Gasteiger partial charge is 0.256 e. The molecule has 0 aromatic heterocycles. The summed E-state index contributed by atoms with van der Waals surface area (Å²) in [5.74, 6) is 0.140. The Morgan fingerprint density at radius 3 is 2.80 bits per heavy atom. The topological polar surface area (TPSA) is 35.6 Å². The first-order chi connectivity index (χ1) is 9.52. The van der Waals surface area contributed by atoms with Gasteiger partial charge in [0.2, 0.25) is 0 Å². The zero-order chi connectivity index (χ0) is 14.7. The summed E-state index contributed by atoms with van der Waals surface area (Å²) in [5.41, 5.74) is 2.81. The van der Waals surface area contributed by atoms with Crippen LogP contribution in [0.15, 0.2) is 18.2 Å². The van der Waals surface area contributed by atoms with Crippen LogP contribution in [0.1, 0.15) is 29.3 Å². The highest BCUT2D eigenvalue weighted by Gasteiger charge is 2.26. The molecule has 0 aliphatic carbocycles. The number of rotatable bonds is 2. The van der Waals surface area contributed by atoms with Crippen molar-refractivity contribution in [2.24, 2.45) is 0 Å². The van der Waals surface area contributed by atoms with Gasteiger partial charge >= 0.3 is 0 Å². The molecule has 0 bridgehead atoms. The van der Waals surface area contributed by atoms with Crippen LogP contribution in [0.5, 0.6) is 0 Å². The molecule has 20 heavy (non-hydrogen) atoms. The molecule has 0 spiro atoms. The predicted octanol–water partition coefficient (Wildman–Crippen LogP) is 2.20. The van der Waals surface area contributed by atoms with Crippen LogP contribution in [0.2, 0.25) is 0 Å². The fourth-order valence-electron chi connectivity index (χ4n) is 2.88. The Morgan fingerprint density at radius 2 is 2.10 bits per heavy atom. The summed E-state index contributed by atoms with van der Waals surface area (Å²) in [7, 11) is 3.98. The van der Waals surface area contributed by atoms with Crippen molar-refractivity contribution in [1.82, 2.24) is 9.80 Å². The standard InChI is InChI=1S/C16H25N3O/c1-12-6-7-15(17-3)14(10-12)16(20)19-9-5-8-18(4)11-13(19)2/h6-7,10,13,17H,5,8-9,11H2,1-4H3. The van der Waals surface area contributed by atoms with E-state index in [1.807, 2.05) is 37.1 Å². The fourth-order valence-corrected chi connectivity index (χ4v) is 2.88. The van der Waals surface area contributed by atoms with Crippen molar-refractivity contribution in [3.63, 3.8) is 0 Å². The van der Waals surface area contributed by atoms with E-state index in [1.54, 1.807) is 0 Å². The van der Waals surface area contributed by atoms with Crippen molar-refractivity contribution in [3.05, 3.63) is 29.3 Å². The molecule has 1 heterocycles. The number of anilines is 1. The first-order valence-corrected chi connectivity index (χ1v) is 7.31. The van der Waals surface area contributed by atoms with Gasteiger partial charge in [0.05, 0.1) is 5.56 Å². The van der Waals surface area contributed by atoms with Crippen molar-refractivity contribution in [3.8, 4) is 0 Å². The maximum absolute atomic E-state index is 12.9. The molecule has 1 saturated heterocycles. The van der Waals surface area contributed by atoms with Gasteiger partial charge in [-0.2, -0.15) is 0 Å². The van der Waals surface area contributed by atoms with E-state index in [2.05, 4.69) is 24.2 Å². The van der Waals surface area contributed by atoms with E-state index in [0.29, 0.717) is 0 Å². The molecule has 1 aromatic rings. The van der Waals surface area contributed by atoms with Crippen molar-refractivity contribution in [2.75, 3.05) is 39.0 Å². The second-order valence-electron chi connectivity index (χ2n) is 5.76. The van der Waals surface area contributed by atoms with Crippen LogP contribution in [-0.4, -0.2) is 55.5 Å². The number of carbonyl (C=O) groups excluding carboxylic acids is 1. The summed E-state index contributed by atoms with van der Waals surface area (Å²) in [6.45, 7) is 6.99. The number of amides is 1. The zero-order valence-corrected chi connectivity index (χ0v) is 12.9. The minimum absolute atomic E-state index is 0.140. The molecule has 0 radical (unpaired) electrons. The van der Waals surface area contributed by atoms with E-state index in [0.717, 1.165) is 42.9 Å². The van der Waals surface area contributed by atoms with E-state index in [4.69, 9.17) is 0 Å². The SMILES string of the molecule is CNc1ccc(C)cc1C(=O)N1CCCN(C)CC1C. The number of nitrogens with one attached hydrogen (secondary N) is 1. The van der Waals surface area contributed by atoms with Gasteiger partial charge in [0, 0.05) is 31.9 Å². The lowest BCUT2D eigenvalue weighted by Crippen LogP contribution is -2.42. The summed E-state index contributed by atoms with van der Waals surface area (Å²) >= 11 is 0. The number of aryl methyl sites for hydroxylation is 1. The molecule has 4 nitrogen and oxygen atoms in total. The maximum Gasteiger partial charge on any atom is 0.256 e. The molecule has 4 heteroatoms. The molecule has 110 valence electrons. The minimum Gasteiger partial charge on any atom is -0.387 e. The number of hydrogen-bond donors (Lipinski definition) is 1. The highest BCUT2D eigenvalue weighted by Crippen LogP contribution is 2.21. The third kappa shape index (κ3) is 3.12. The van der Waals surface area contributed by atoms with Crippen LogP contribution in [0.25, 0.3) is 0 Å². The van der Waals surface area contributed by atoms with Gasteiger partial charge in [-0.25, -0.2) is 0 Å². The van der Waals surface area contributed by atoms with Gasteiger partial charge in [-0.1, -0.05) is 11.6 Å². The average Bonchev–Trinajstić information content (AvgIpc) is 2.58. The van der Waals surface area contributed by atoms with Gasteiger partial charge in [-0.3, -0.25) is 4.79 Å². The van der Waals surface area contributed by atoms with E-state index in [9.17, 15) is 4.79 Å². The third-order valence-electron chi connectivity index (χ3n) is 3.98. The normalized spacial score (nSPS) is 20.6. The van der Waals surface area contributed by atoms with Crippen molar-refractivity contribution in [2.45, 2.75) is 26.3 Å². The lowest BCUT2D eigenvalue weighted by molar-refractivity contribution is 0.0697. The largest absolute Gasteiger partial charge is 0.387 e.